The number of nitrogens with zero attached hydrogens (tertiary/aromatic N) is 2. The molecule has 0 radical (unpaired) electrons. The fraction of sp³-hybridized carbons (Fsp3) is 0.125. The van der Waals surface area contributed by atoms with E-state index in [1.807, 2.05) is 91.9 Å². The first-order valence-electron chi connectivity index (χ1n) is 9.49. The van der Waals surface area contributed by atoms with Crippen molar-refractivity contribution in [1.82, 2.24) is 15.5 Å². The largest absolute Gasteiger partial charge is 0.340 e. The lowest BCUT2D eigenvalue weighted by Gasteiger charge is -2.15. The average Bonchev–Trinajstić information content (AvgIpc) is 3.25. The van der Waals surface area contributed by atoms with Gasteiger partial charge in [0.25, 0.3) is 5.91 Å². The molecule has 0 bridgehead atoms. The second-order valence-corrected chi connectivity index (χ2v) is 6.90. The summed E-state index contributed by atoms with van der Waals surface area (Å²) in [5, 5.41) is 7.15. The van der Waals surface area contributed by atoms with Gasteiger partial charge in [0.15, 0.2) is 0 Å². The predicted molar refractivity (Wildman–Crippen MR) is 111 cm³/mol. The van der Waals surface area contributed by atoms with Crippen molar-refractivity contribution >= 4 is 5.91 Å². The number of nitrogens with one attached hydrogen (secondary N) is 1. The SMILES string of the molecule is Cc1ccc(C(=O)NC(Cc2ccccc2)c2nc(-c3ccccc3)no2)cc1. The highest BCUT2D eigenvalue weighted by Gasteiger charge is 2.23. The molecule has 4 rings (SSSR count). The number of aryl methyl sites for hydroxylation is 1. The van der Waals surface area contributed by atoms with Crippen molar-refractivity contribution in [3.8, 4) is 11.4 Å². The zero-order valence-electron chi connectivity index (χ0n) is 16.1. The van der Waals surface area contributed by atoms with Gasteiger partial charge >= 0.3 is 0 Å². The van der Waals surface area contributed by atoms with Gasteiger partial charge in [-0.15, -0.1) is 0 Å². The quantitative estimate of drug-likeness (QED) is 0.521. The number of amides is 1. The molecule has 5 heteroatoms. The van der Waals surface area contributed by atoms with E-state index in [1.54, 1.807) is 0 Å². The van der Waals surface area contributed by atoms with Gasteiger partial charge in [-0.05, 0) is 24.6 Å². The standard InChI is InChI=1S/C24H21N3O2/c1-17-12-14-20(15-13-17)23(28)25-21(16-18-8-4-2-5-9-18)24-26-22(27-29-24)19-10-6-3-7-11-19/h2-15,21H,16H2,1H3,(H,25,28). The Labute approximate surface area is 169 Å². The van der Waals surface area contributed by atoms with Crippen LogP contribution in [0.1, 0.15) is 33.4 Å². The molecule has 5 nitrogen and oxygen atoms in total. The van der Waals surface area contributed by atoms with Crippen LogP contribution in [0.5, 0.6) is 0 Å². The molecule has 1 N–H and O–H groups in total. The van der Waals surface area contributed by atoms with Crippen LogP contribution in [-0.2, 0) is 6.42 Å². The van der Waals surface area contributed by atoms with E-state index in [9.17, 15) is 4.79 Å². The molecule has 0 aliphatic heterocycles. The highest BCUT2D eigenvalue weighted by molar-refractivity contribution is 5.94. The van der Waals surface area contributed by atoms with Gasteiger partial charge in [0.2, 0.25) is 11.7 Å². The molecule has 1 unspecified atom stereocenters. The van der Waals surface area contributed by atoms with Crippen LogP contribution in [0.15, 0.2) is 89.5 Å². The molecule has 1 aromatic heterocycles. The molecule has 1 atom stereocenters. The normalized spacial score (nSPS) is 11.8. The zero-order valence-corrected chi connectivity index (χ0v) is 16.1. The van der Waals surface area contributed by atoms with Crippen molar-refractivity contribution < 1.29 is 9.32 Å². The monoisotopic (exact) mass is 383 g/mol. The molecule has 0 aliphatic carbocycles. The minimum absolute atomic E-state index is 0.176. The Morgan fingerprint density at radius 2 is 1.59 bits per heavy atom. The Balaban J connectivity index is 1.61. The van der Waals surface area contributed by atoms with Crippen molar-refractivity contribution in [3.63, 3.8) is 0 Å². The molecule has 0 fully saturated rings. The van der Waals surface area contributed by atoms with E-state index in [1.165, 1.54) is 0 Å². The second kappa shape index (κ2) is 8.52. The third-order valence-corrected chi connectivity index (χ3v) is 4.67. The lowest BCUT2D eigenvalue weighted by Crippen LogP contribution is -2.30. The Bertz CT molecular complexity index is 1070. The molecule has 0 aliphatic rings. The zero-order chi connectivity index (χ0) is 20.1. The van der Waals surface area contributed by atoms with Crippen molar-refractivity contribution in [1.29, 1.82) is 0 Å². The smallest absolute Gasteiger partial charge is 0.251 e. The van der Waals surface area contributed by atoms with E-state index in [4.69, 9.17) is 4.52 Å². The van der Waals surface area contributed by atoms with Crippen LogP contribution in [0, 0.1) is 6.92 Å². The Hall–Kier alpha value is -3.73. The van der Waals surface area contributed by atoms with Crippen molar-refractivity contribution in [2.24, 2.45) is 0 Å². The number of rotatable bonds is 6. The fourth-order valence-corrected chi connectivity index (χ4v) is 3.08. The molecule has 144 valence electrons. The van der Waals surface area contributed by atoms with Crippen molar-refractivity contribution in [2.45, 2.75) is 19.4 Å². The Kier molecular flexibility index (Phi) is 5.47. The fourth-order valence-electron chi connectivity index (χ4n) is 3.08. The van der Waals surface area contributed by atoms with Gasteiger partial charge in [0, 0.05) is 17.5 Å². The second-order valence-electron chi connectivity index (χ2n) is 6.90. The van der Waals surface area contributed by atoms with Crippen LogP contribution in [0.25, 0.3) is 11.4 Å². The molecule has 0 saturated carbocycles. The van der Waals surface area contributed by atoms with Gasteiger partial charge < -0.3 is 9.84 Å². The summed E-state index contributed by atoms with van der Waals surface area (Å²) in [6.45, 7) is 1.99. The van der Waals surface area contributed by atoms with E-state index in [-0.39, 0.29) is 5.91 Å². The van der Waals surface area contributed by atoms with E-state index in [0.717, 1.165) is 16.7 Å². The number of benzene rings is 3. The van der Waals surface area contributed by atoms with Crippen LogP contribution in [0.3, 0.4) is 0 Å². The number of carbonyl (C=O) groups excluding carboxylic acids is 1. The van der Waals surface area contributed by atoms with Crippen molar-refractivity contribution in [2.75, 3.05) is 0 Å². The highest BCUT2D eigenvalue weighted by atomic mass is 16.5. The third kappa shape index (κ3) is 4.58. The molecule has 29 heavy (non-hydrogen) atoms. The highest BCUT2D eigenvalue weighted by Crippen LogP contribution is 2.22. The van der Waals surface area contributed by atoms with Gasteiger partial charge in [-0.1, -0.05) is 83.5 Å². The first-order chi connectivity index (χ1) is 14.2. The van der Waals surface area contributed by atoms with Crippen LogP contribution in [-0.4, -0.2) is 16.0 Å². The summed E-state index contributed by atoms with van der Waals surface area (Å²) >= 11 is 0. The maximum atomic E-state index is 12.8. The van der Waals surface area contributed by atoms with Crippen molar-refractivity contribution in [3.05, 3.63) is 108 Å². The summed E-state index contributed by atoms with van der Waals surface area (Å²) in [5.74, 6) is 0.710. The third-order valence-electron chi connectivity index (χ3n) is 4.67. The number of hydrogen-bond donors (Lipinski definition) is 1. The van der Waals surface area contributed by atoms with Gasteiger partial charge in [0.1, 0.15) is 6.04 Å². The Morgan fingerprint density at radius 1 is 0.931 bits per heavy atom. The van der Waals surface area contributed by atoms with Crippen LogP contribution in [0.4, 0.5) is 0 Å². The summed E-state index contributed by atoms with van der Waals surface area (Å²) < 4.78 is 5.53. The molecule has 0 saturated heterocycles. The molecule has 1 heterocycles. The molecular weight excluding hydrogens is 362 g/mol. The topological polar surface area (TPSA) is 68.0 Å². The van der Waals surface area contributed by atoms with Gasteiger partial charge in [0.05, 0.1) is 0 Å². The summed E-state index contributed by atoms with van der Waals surface area (Å²) in [7, 11) is 0. The van der Waals surface area contributed by atoms with E-state index < -0.39 is 6.04 Å². The van der Waals surface area contributed by atoms with E-state index in [2.05, 4.69) is 15.5 Å². The predicted octanol–water partition coefficient (Wildman–Crippen LogP) is 4.76. The van der Waals surface area contributed by atoms with Gasteiger partial charge in [-0.3, -0.25) is 4.79 Å². The lowest BCUT2D eigenvalue weighted by molar-refractivity contribution is 0.0928. The minimum atomic E-state index is -0.434. The molecule has 0 spiro atoms. The molecule has 1 amide bonds. The molecular formula is C24H21N3O2. The maximum absolute atomic E-state index is 12.8. The molecule has 4 aromatic rings. The Morgan fingerprint density at radius 3 is 2.28 bits per heavy atom. The summed E-state index contributed by atoms with van der Waals surface area (Å²) in [5.41, 5.74) is 3.63. The van der Waals surface area contributed by atoms with E-state index >= 15 is 0 Å². The van der Waals surface area contributed by atoms with Crippen LogP contribution in [0.2, 0.25) is 0 Å². The number of hydrogen-bond acceptors (Lipinski definition) is 4. The summed E-state index contributed by atoms with van der Waals surface area (Å²) in [4.78, 5) is 17.4. The van der Waals surface area contributed by atoms with Crippen LogP contribution < -0.4 is 5.32 Å². The number of aromatic nitrogens is 2. The summed E-state index contributed by atoms with van der Waals surface area (Å²) in [6.07, 6.45) is 0.550. The first kappa shape index (κ1) is 18.6. The minimum Gasteiger partial charge on any atom is -0.340 e. The molecule has 3 aromatic carbocycles. The van der Waals surface area contributed by atoms with E-state index in [0.29, 0.717) is 23.7 Å². The van der Waals surface area contributed by atoms with Crippen LogP contribution >= 0.6 is 0 Å². The maximum Gasteiger partial charge on any atom is 0.251 e. The first-order valence-corrected chi connectivity index (χ1v) is 9.49. The van der Waals surface area contributed by atoms with Gasteiger partial charge in [-0.2, -0.15) is 4.98 Å². The average molecular weight is 383 g/mol. The van der Waals surface area contributed by atoms with Gasteiger partial charge in [-0.25, -0.2) is 0 Å². The summed E-state index contributed by atoms with van der Waals surface area (Å²) in [6, 6.07) is 26.6. The number of carbonyl (C=O) groups is 1. The lowest BCUT2D eigenvalue weighted by atomic mass is 10.0.